The van der Waals surface area contributed by atoms with E-state index in [9.17, 15) is 18.8 Å². The molecule has 4 atom stereocenters. The maximum atomic E-state index is 16.8. The standard InChI is InChI=1S/C34H30ClF3N8O2S/c1-16-5-8-46(44-16)32(47)20-9-17(20)13-41-31-21-10-23(35)26(19-3-4-24(37)29-25(19)22(12-39)30(40)49-29)27(38)28(21)42-33(43-31)48-15-34-6-2-7-45(34)14-18(36)11-34/h3-5,8,10,17-18,20H,2,6-7,9,11,13-15,40H2,1H3,(H,41,42,43)/t17-,18+,20+,34-/m0/s1. The summed E-state index contributed by atoms with van der Waals surface area (Å²) in [4.78, 5) is 24.1. The van der Waals surface area contributed by atoms with Crippen LogP contribution in [0.5, 0.6) is 6.01 Å². The van der Waals surface area contributed by atoms with Gasteiger partial charge in [0.05, 0.1) is 26.5 Å². The first-order chi connectivity index (χ1) is 23.6. The molecule has 3 N–H and O–H groups in total. The van der Waals surface area contributed by atoms with Crippen molar-refractivity contribution >= 4 is 60.7 Å². The molecule has 0 unspecified atom stereocenters. The molecule has 0 bridgehead atoms. The molecule has 2 saturated heterocycles. The summed E-state index contributed by atoms with van der Waals surface area (Å²) in [7, 11) is 0. The number of nitrogens with one attached hydrogen (secondary N) is 1. The Morgan fingerprint density at radius 2 is 2.14 bits per heavy atom. The van der Waals surface area contributed by atoms with Crippen LogP contribution in [0, 0.1) is 41.7 Å². The largest absolute Gasteiger partial charge is 0.461 e. The van der Waals surface area contributed by atoms with Gasteiger partial charge in [-0.2, -0.15) is 20.3 Å². The zero-order chi connectivity index (χ0) is 34.2. The number of benzene rings is 2. The Kier molecular flexibility index (Phi) is 7.69. The van der Waals surface area contributed by atoms with Gasteiger partial charge in [-0.25, -0.2) is 17.9 Å². The molecule has 2 aromatic carbocycles. The molecule has 1 saturated carbocycles. The van der Waals surface area contributed by atoms with E-state index in [0.717, 1.165) is 36.4 Å². The fourth-order valence-electron chi connectivity index (χ4n) is 7.49. The Hall–Kier alpha value is -4.45. The van der Waals surface area contributed by atoms with Gasteiger partial charge in [0.1, 0.15) is 41.0 Å². The van der Waals surface area contributed by atoms with Crippen LogP contribution in [0.4, 0.5) is 24.0 Å². The highest BCUT2D eigenvalue weighted by atomic mass is 35.5. The number of nitriles is 1. The number of carbonyl (C=O) groups is 1. The molecule has 49 heavy (non-hydrogen) atoms. The van der Waals surface area contributed by atoms with Gasteiger partial charge in [0.25, 0.3) is 0 Å². The Balaban J connectivity index is 1.18. The molecule has 5 aromatic rings. The number of aromatic nitrogens is 4. The number of fused-ring (bicyclic) bond motifs is 3. The second-order valence-electron chi connectivity index (χ2n) is 13.1. The predicted molar refractivity (Wildman–Crippen MR) is 181 cm³/mol. The molecule has 8 rings (SSSR count). The number of halogens is 4. The normalized spacial score (nSPS) is 23.2. The molecule has 2 aliphatic heterocycles. The van der Waals surface area contributed by atoms with E-state index in [2.05, 4.69) is 25.3 Å². The molecule has 3 aliphatic rings. The molecule has 0 radical (unpaired) electrons. The second-order valence-corrected chi connectivity index (χ2v) is 14.6. The number of nitrogen functional groups attached to an aromatic ring is 1. The van der Waals surface area contributed by atoms with Crippen molar-refractivity contribution in [3.8, 4) is 23.2 Å². The summed E-state index contributed by atoms with van der Waals surface area (Å²) < 4.78 is 53.8. The molecule has 0 amide bonds. The van der Waals surface area contributed by atoms with Gasteiger partial charge in [-0.3, -0.25) is 9.69 Å². The van der Waals surface area contributed by atoms with Crippen LogP contribution in [0.1, 0.15) is 41.7 Å². The van der Waals surface area contributed by atoms with Crippen molar-refractivity contribution in [2.24, 2.45) is 11.8 Å². The maximum absolute atomic E-state index is 16.8. The van der Waals surface area contributed by atoms with E-state index in [0.29, 0.717) is 25.9 Å². The SMILES string of the molecule is Cc1ccn(C(=O)[C@@H]2C[C@H]2CNc2nc(OC[C@@]34CCCN3C[C@H](F)C4)nc3c(F)c(-c4ccc(F)c5sc(N)c(C#N)c45)c(Cl)cc23)n1. The Bertz CT molecular complexity index is 2220. The van der Waals surface area contributed by atoms with Crippen LogP contribution < -0.4 is 15.8 Å². The topological polar surface area (TPSA) is 135 Å². The number of nitrogens with zero attached hydrogens (tertiary/aromatic N) is 6. The summed E-state index contributed by atoms with van der Waals surface area (Å²) in [6, 6.07) is 7.73. The lowest BCUT2D eigenvalue weighted by atomic mass is 9.95. The fourth-order valence-corrected chi connectivity index (χ4v) is 8.73. The number of alkyl halides is 1. The lowest BCUT2D eigenvalue weighted by molar-refractivity contribution is 0.0863. The first-order valence-electron chi connectivity index (χ1n) is 16.0. The molecule has 1 aliphatic carbocycles. The smallest absolute Gasteiger partial charge is 0.319 e. The third-order valence-corrected chi connectivity index (χ3v) is 11.3. The van der Waals surface area contributed by atoms with Crippen LogP contribution in [0.3, 0.4) is 0 Å². The van der Waals surface area contributed by atoms with Crippen molar-refractivity contribution in [3.05, 3.63) is 58.4 Å². The number of aryl methyl sites for hydroxylation is 1. The number of anilines is 2. The number of nitrogens with two attached hydrogens (primary N) is 1. The molecule has 10 nitrogen and oxygen atoms in total. The van der Waals surface area contributed by atoms with Crippen LogP contribution in [-0.2, 0) is 0 Å². The summed E-state index contributed by atoms with van der Waals surface area (Å²) in [5, 5.41) is 17.8. The molecule has 3 aromatic heterocycles. The number of thiophene rings is 1. The number of hydrogen-bond donors (Lipinski definition) is 2. The van der Waals surface area contributed by atoms with E-state index in [1.54, 1.807) is 12.3 Å². The summed E-state index contributed by atoms with van der Waals surface area (Å²) in [6.45, 7) is 3.40. The Morgan fingerprint density at radius 1 is 1.31 bits per heavy atom. The monoisotopic (exact) mass is 706 g/mol. The average Bonchev–Trinajstić information content (AvgIpc) is 3.30. The van der Waals surface area contributed by atoms with Crippen LogP contribution in [0.2, 0.25) is 5.02 Å². The van der Waals surface area contributed by atoms with Crippen molar-refractivity contribution < 1.29 is 22.7 Å². The summed E-state index contributed by atoms with van der Waals surface area (Å²) in [5.41, 5.74) is 6.32. The van der Waals surface area contributed by atoms with E-state index >= 15 is 4.39 Å². The van der Waals surface area contributed by atoms with Crippen LogP contribution in [-0.4, -0.2) is 68.5 Å². The van der Waals surface area contributed by atoms with Crippen molar-refractivity contribution in [3.63, 3.8) is 0 Å². The van der Waals surface area contributed by atoms with Gasteiger partial charge < -0.3 is 15.8 Å². The van der Waals surface area contributed by atoms with E-state index in [-0.39, 0.29) is 83.9 Å². The molecule has 15 heteroatoms. The molecule has 0 spiro atoms. The third-order valence-electron chi connectivity index (χ3n) is 10.0. The van der Waals surface area contributed by atoms with E-state index < -0.39 is 23.3 Å². The minimum atomic E-state index is -0.961. The lowest BCUT2D eigenvalue weighted by Crippen LogP contribution is -2.43. The molecular weight excluding hydrogens is 677 g/mol. The molecule has 3 fully saturated rings. The van der Waals surface area contributed by atoms with Gasteiger partial charge in [-0.1, -0.05) is 17.7 Å². The summed E-state index contributed by atoms with van der Waals surface area (Å²) in [5.74, 6) is -1.52. The molecule has 252 valence electrons. The highest BCUT2D eigenvalue weighted by molar-refractivity contribution is 7.23. The van der Waals surface area contributed by atoms with Gasteiger partial charge in [0.2, 0.25) is 5.91 Å². The van der Waals surface area contributed by atoms with Crippen molar-refractivity contribution in [1.29, 1.82) is 5.26 Å². The van der Waals surface area contributed by atoms with E-state index in [4.69, 9.17) is 22.1 Å². The average molecular weight is 707 g/mol. The number of rotatable bonds is 8. The van der Waals surface area contributed by atoms with Crippen LogP contribution in [0.15, 0.2) is 30.5 Å². The van der Waals surface area contributed by atoms with Crippen molar-refractivity contribution in [1.82, 2.24) is 24.6 Å². The van der Waals surface area contributed by atoms with Gasteiger partial charge in [-0.05, 0) is 62.4 Å². The van der Waals surface area contributed by atoms with Gasteiger partial charge >= 0.3 is 6.01 Å². The summed E-state index contributed by atoms with van der Waals surface area (Å²) in [6.07, 6.45) is 3.34. The number of ether oxygens (including phenoxy) is 1. The van der Waals surface area contributed by atoms with Gasteiger partial charge in [0.15, 0.2) is 5.82 Å². The summed E-state index contributed by atoms with van der Waals surface area (Å²) >= 11 is 7.67. The molecular formula is C34H30ClF3N8O2S. The van der Waals surface area contributed by atoms with Crippen LogP contribution >= 0.6 is 22.9 Å². The third kappa shape index (κ3) is 5.35. The molecule has 5 heterocycles. The number of carbonyl (C=O) groups excluding carboxylic acids is 1. The quantitative estimate of drug-likeness (QED) is 0.180. The fraction of sp³-hybridized carbons (Fsp3) is 0.382. The minimum absolute atomic E-state index is 0.0131. The zero-order valence-corrected chi connectivity index (χ0v) is 27.8. The first kappa shape index (κ1) is 31.8. The Labute approximate surface area is 287 Å². The van der Waals surface area contributed by atoms with Gasteiger partial charge in [0, 0.05) is 48.0 Å². The van der Waals surface area contributed by atoms with Crippen molar-refractivity contribution in [2.45, 2.75) is 44.3 Å². The minimum Gasteiger partial charge on any atom is -0.461 e. The Morgan fingerprint density at radius 3 is 2.92 bits per heavy atom. The first-order valence-corrected chi connectivity index (χ1v) is 17.2. The number of hydrogen-bond acceptors (Lipinski definition) is 10. The maximum Gasteiger partial charge on any atom is 0.319 e. The van der Waals surface area contributed by atoms with E-state index in [1.807, 2.05) is 13.0 Å². The second kappa shape index (κ2) is 11.9. The van der Waals surface area contributed by atoms with Crippen molar-refractivity contribution in [2.75, 3.05) is 37.3 Å². The van der Waals surface area contributed by atoms with Gasteiger partial charge in [-0.15, -0.1) is 11.3 Å². The van der Waals surface area contributed by atoms with E-state index in [1.165, 1.54) is 22.9 Å². The highest BCUT2D eigenvalue weighted by Gasteiger charge is 2.49. The lowest BCUT2D eigenvalue weighted by Gasteiger charge is -2.30. The predicted octanol–water partition coefficient (Wildman–Crippen LogP) is 6.75. The highest BCUT2D eigenvalue weighted by Crippen LogP contribution is 2.46. The van der Waals surface area contributed by atoms with Crippen LogP contribution in [0.25, 0.3) is 32.1 Å². The zero-order valence-electron chi connectivity index (χ0n) is 26.3.